The summed E-state index contributed by atoms with van der Waals surface area (Å²) in [5.41, 5.74) is -2.20. The molecule has 0 radical (unpaired) electrons. The van der Waals surface area contributed by atoms with Gasteiger partial charge in [0.2, 0.25) is 0 Å². The van der Waals surface area contributed by atoms with Crippen molar-refractivity contribution in [3.8, 4) is 11.1 Å². The molecule has 0 saturated carbocycles. The van der Waals surface area contributed by atoms with Gasteiger partial charge in [0.1, 0.15) is 23.0 Å². The van der Waals surface area contributed by atoms with Crippen LogP contribution in [0.15, 0.2) is 30.3 Å². The largest absolute Gasteiger partial charge is 0.422 e. The van der Waals surface area contributed by atoms with E-state index < -0.39 is 35.5 Å². The maximum atomic E-state index is 14.3. The van der Waals surface area contributed by atoms with Gasteiger partial charge >= 0.3 is 6.18 Å². The van der Waals surface area contributed by atoms with Crippen LogP contribution in [-0.2, 0) is 15.7 Å². The molecule has 1 heterocycles. The zero-order valence-electron chi connectivity index (χ0n) is 12.7. The van der Waals surface area contributed by atoms with Crippen LogP contribution in [0.3, 0.4) is 0 Å². The molecule has 1 saturated heterocycles. The molecule has 134 valence electrons. The summed E-state index contributed by atoms with van der Waals surface area (Å²) in [6.45, 7) is 0.896. The zero-order valence-corrected chi connectivity index (χ0v) is 12.7. The first-order valence-corrected chi connectivity index (χ1v) is 7.36. The van der Waals surface area contributed by atoms with Gasteiger partial charge in [-0.3, -0.25) is 0 Å². The van der Waals surface area contributed by atoms with Crippen molar-refractivity contribution in [3.63, 3.8) is 0 Å². The van der Waals surface area contributed by atoms with E-state index in [1.807, 2.05) is 0 Å². The lowest BCUT2D eigenvalue weighted by Crippen LogP contribution is -2.17. The zero-order chi connectivity index (χ0) is 18.2. The maximum Gasteiger partial charge on any atom is 0.422 e. The minimum Gasteiger partial charge on any atom is -0.348 e. The molecule has 0 aromatic heterocycles. The van der Waals surface area contributed by atoms with Gasteiger partial charge in [-0.25, -0.2) is 13.2 Å². The molecule has 1 aliphatic rings. The fourth-order valence-corrected chi connectivity index (χ4v) is 2.59. The second-order valence-corrected chi connectivity index (χ2v) is 5.48. The van der Waals surface area contributed by atoms with Crippen molar-refractivity contribution in [1.29, 1.82) is 0 Å². The smallest absolute Gasteiger partial charge is 0.348 e. The normalized spacial score (nSPS) is 16.2. The Hall–Kier alpha value is -2.06. The predicted octanol–water partition coefficient (Wildman–Crippen LogP) is 5.23. The van der Waals surface area contributed by atoms with Crippen LogP contribution in [0, 0.1) is 17.5 Å². The molecule has 1 fully saturated rings. The Morgan fingerprint density at radius 1 is 0.840 bits per heavy atom. The van der Waals surface area contributed by atoms with E-state index in [0.717, 1.165) is 6.07 Å². The topological polar surface area (TPSA) is 18.5 Å². The highest BCUT2D eigenvalue weighted by atomic mass is 19.4. The summed E-state index contributed by atoms with van der Waals surface area (Å²) in [7, 11) is 0. The molecule has 2 nitrogen and oxygen atoms in total. The van der Waals surface area contributed by atoms with Gasteiger partial charge in [0, 0.05) is 11.1 Å². The van der Waals surface area contributed by atoms with Gasteiger partial charge in [-0.05, 0) is 30.2 Å². The van der Waals surface area contributed by atoms with Crippen molar-refractivity contribution in [2.24, 2.45) is 0 Å². The molecule has 2 aromatic rings. The van der Waals surface area contributed by atoms with Crippen molar-refractivity contribution in [2.45, 2.75) is 18.9 Å². The van der Waals surface area contributed by atoms with Crippen LogP contribution in [-0.4, -0.2) is 13.2 Å². The van der Waals surface area contributed by atoms with Crippen molar-refractivity contribution in [3.05, 3.63) is 58.9 Å². The summed E-state index contributed by atoms with van der Waals surface area (Å²) in [6.07, 6.45) is -5.22. The van der Waals surface area contributed by atoms with Gasteiger partial charge in [0.05, 0.1) is 13.2 Å². The van der Waals surface area contributed by atoms with Crippen molar-refractivity contribution >= 4 is 0 Å². The van der Waals surface area contributed by atoms with E-state index in [1.165, 1.54) is 12.1 Å². The minimum absolute atomic E-state index is 0.230. The summed E-state index contributed by atoms with van der Waals surface area (Å²) < 4.78 is 90.1. The number of ether oxygens (including phenoxy) is 2. The molecule has 0 aliphatic carbocycles. The summed E-state index contributed by atoms with van der Waals surface area (Å²) in [6, 6.07) is 4.63. The van der Waals surface area contributed by atoms with Crippen LogP contribution < -0.4 is 0 Å². The fraction of sp³-hybridized carbons (Fsp3) is 0.294. The molecule has 8 heteroatoms. The van der Waals surface area contributed by atoms with Gasteiger partial charge in [-0.2, -0.15) is 13.2 Å². The molecule has 0 amide bonds. The summed E-state index contributed by atoms with van der Waals surface area (Å²) >= 11 is 0. The third-order valence-electron chi connectivity index (χ3n) is 3.73. The predicted molar refractivity (Wildman–Crippen MR) is 76.0 cm³/mol. The Balaban J connectivity index is 1.97. The standard InChI is InChI=1S/C17H12F6O2/c18-12-6-9(16-24-4-1-5-25-16)2-3-11(12)10-7-13(19)15(14(20)8-10)17(21,22)23/h2-3,6-8,16H,1,4-5H2. The van der Waals surface area contributed by atoms with E-state index in [4.69, 9.17) is 9.47 Å². The Morgan fingerprint density at radius 3 is 1.96 bits per heavy atom. The molecule has 0 spiro atoms. The first kappa shape index (κ1) is 17.8. The van der Waals surface area contributed by atoms with Crippen molar-refractivity contribution < 1.29 is 35.8 Å². The van der Waals surface area contributed by atoms with E-state index in [0.29, 0.717) is 37.3 Å². The van der Waals surface area contributed by atoms with Crippen LogP contribution in [0.2, 0.25) is 0 Å². The van der Waals surface area contributed by atoms with Crippen LogP contribution in [0.4, 0.5) is 26.3 Å². The molecule has 1 aliphatic heterocycles. The van der Waals surface area contributed by atoms with Crippen LogP contribution in [0.5, 0.6) is 0 Å². The molecule has 0 bridgehead atoms. The molecule has 25 heavy (non-hydrogen) atoms. The summed E-state index contributed by atoms with van der Waals surface area (Å²) in [4.78, 5) is 0. The maximum absolute atomic E-state index is 14.3. The van der Waals surface area contributed by atoms with Gasteiger partial charge in [-0.15, -0.1) is 0 Å². The highest BCUT2D eigenvalue weighted by Gasteiger charge is 2.38. The lowest BCUT2D eigenvalue weighted by Gasteiger charge is -2.23. The SMILES string of the molecule is Fc1cc(C2OCCCO2)ccc1-c1cc(F)c(C(F)(F)F)c(F)c1. The average Bonchev–Trinajstić information content (AvgIpc) is 2.53. The minimum atomic E-state index is -5.18. The number of rotatable bonds is 2. The van der Waals surface area contributed by atoms with Gasteiger partial charge < -0.3 is 9.47 Å². The highest BCUT2D eigenvalue weighted by Crippen LogP contribution is 2.37. The molecule has 0 atom stereocenters. The molecule has 0 N–H and O–H groups in total. The van der Waals surface area contributed by atoms with E-state index in [-0.39, 0.29) is 11.1 Å². The lowest BCUT2D eigenvalue weighted by atomic mass is 10.0. The van der Waals surface area contributed by atoms with Gasteiger partial charge in [0.15, 0.2) is 6.29 Å². The average molecular weight is 362 g/mol. The van der Waals surface area contributed by atoms with E-state index >= 15 is 0 Å². The molecular weight excluding hydrogens is 350 g/mol. The third kappa shape index (κ3) is 3.64. The Labute approximate surface area is 139 Å². The number of alkyl halides is 3. The molecule has 0 unspecified atom stereocenters. The second kappa shape index (κ2) is 6.68. The first-order chi connectivity index (χ1) is 11.8. The number of halogens is 6. The summed E-state index contributed by atoms with van der Waals surface area (Å²) in [5, 5.41) is 0. The number of hydrogen-bond acceptors (Lipinski definition) is 2. The Kier molecular flexibility index (Phi) is 4.75. The lowest BCUT2D eigenvalue weighted by molar-refractivity contribution is -0.183. The van der Waals surface area contributed by atoms with Crippen LogP contribution in [0.25, 0.3) is 11.1 Å². The second-order valence-electron chi connectivity index (χ2n) is 5.48. The van der Waals surface area contributed by atoms with Gasteiger partial charge in [0.25, 0.3) is 0 Å². The van der Waals surface area contributed by atoms with Crippen LogP contribution >= 0.6 is 0 Å². The fourth-order valence-electron chi connectivity index (χ4n) is 2.59. The van der Waals surface area contributed by atoms with E-state index in [1.54, 1.807) is 0 Å². The van der Waals surface area contributed by atoms with E-state index in [9.17, 15) is 26.3 Å². The Bertz CT molecular complexity index is 758. The first-order valence-electron chi connectivity index (χ1n) is 7.36. The molecule has 3 rings (SSSR count). The number of hydrogen-bond donors (Lipinski definition) is 0. The number of benzene rings is 2. The monoisotopic (exact) mass is 362 g/mol. The van der Waals surface area contributed by atoms with Crippen molar-refractivity contribution in [1.82, 2.24) is 0 Å². The van der Waals surface area contributed by atoms with Crippen molar-refractivity contribution in [2.75, 3.05) is 13.2 Å². The quantitative estimate of drug-likeness (QED) is 0.682. The molecular formula is C17H12F6O2. The van der Waals surface area contributed by atoms with Crippen LogP contribution in [0.1, 0.15) is 23.8 Å². The molecule has 2 aromatic carbocycles. The highest BCUT2D eigenvalue weighted by molar-refractivity contribution is 5.65. The van der Waals surface area contributed by atoms with Gasteiger partial charge in [-0.1, -0.05) is 12.1 Å². The summed E-state index contributed by atoms with van der Waals surface area (Å²) in [5.74, 6) is -4.45. The Morgan fingerprint density at radius 2 is 1.44 bits per heavy atom. The third-order valence-corrected chi connectivity index (χ3v) is 3.73. The van der Waals surface area contributed by atoms with E-state index in [2.05, 4.69) is 0 Å².